The molecule has 2 aromatic heterocycles. The second-order valence-corrected chi connectivity index (χ2v) is 9.44. The Morgan fingerprint density at radius 3 is 2.61 bits per heavy atom. The molecule has 0 radical (unpaired) electrons. The van der Waals surface area contributed by atoms with Crippen molar-refractivity contribution in [2.24, 2.45) is 5.92 Å². The zero-order valence-electron chi connectivity index (χ0n) is 15.3. The molecule has 0 saturated carbocycles. The number of carbonyl (C=O) groups excluding carboxylic acids is 2. The highest BCUT2D eigenvalue weighted by atomic mass is 35.5. The Morgan fingerprint density at radius 1 is 1.11 bits per heavy atom. The van der Waals surface area contributed by atoms with Crippen LogP contribution in [-0.2, 0) is 12.8 Å². The zero-order chi connectivity index (χ0) is 19.7. The van der Waals surface area contributed by atoms with E-state index in [-0.39, 0.29) is 11.8 Å². The number of benzene rings is 1. The summed E-state index contributed by atoms with van der Waals surface area (Å²) >= 11 is 8.84. The van der Waals surface area contributed by atoms with E-state index in [4.69, 9.17) is 11.6 Å². The molecular formula is C21H19ClN2O2S2. The highest BCUT2D eigenvalue weighted by molar-refractivity contribution is 7.17. The van der Waals surface area contributed by atoms with Crippen molar-refractivity contribution in [2.45, 2.75) is 26.2 Å². The first kappa shape index (κ1) is 19.2. The van der Waals surface area contributed by atoms with Gasteiger partial charge < -0.3 is 10.6 Å². The fraction of sp³-hybridized carbons (Fsp3) is 0.238. The van der Waals surface area contributed by atoms with Gasteiger partial charge in [-0.05, 0) is 66.5 Å². The summed E-state index contributed by atoms with van der Waals surface area (Å²) in [4.78, 5) is 27.5. The van der Waals surface area contributed by atoms with E-state index in [9.17, 15) is 9.59 Å². The molecule has 1 atom stereocenters. The average Bonchev–Trinajstić information content (AvgIpc) is 3.31. The summed E-state index contributed by atoms with van der Waals surface area (Å²) in [5.74, 6) is 0.206. The first-order valence-electron chi connectivity index (χ1n) is 9.07. The highest BCUT2D eigenvalue weighted by Crippen LogP contribution is 2.40. The maximum atomic E-state index is 13.1. The molecule has 7 heteroatoms. The van der Waals surface area contributed by atoms with E-state index in [1.54, 1.807) is 30.3 Å². The van der Waals surface area contributed by atoms with Crippen LogP contribution in [0.5, 0.6) is 0 Å². The van der Waals surface area contributed by atoms with E-state index in [2.05, 4.69) is 17.6 Å². The summed E-state index contributed by atoms with van der Waals surface area (Å²) in [6, 6.07) is 10.6. The van der Waals surface area contributed by atoms with Crippen molar-refractivity contribution in [2.75, 3.05) is 10.6 Å². The lowest BCUT2D eigenvalue weighted by atomic mass is 9.88. The molecule has 3 aromatic rings. The van der Waals surface area contributed by atoms with Crippen LogP contribution in [0.4, 0.5) is 10.7 Å². The molecule has 28 heavy (non-hydrogen) atoms. The second kappa shape index (κ2) is 8.07. The monoisotopic (exact) mass is 430 g/mol. The number of hydrogen-bond acceptors (Lipinski definition) is 4. The van der Waals surface area contributed by atoms with Crippen molar-refractivity contribution in [3.05, 3.63) is 67.7 Å². The standard InChI is InChI=1S/C21H19ClN2O2S2/c1-12-4-9-15-17(11-12)28-21(24-19(25)16-3-2-10-27-16)18(15)20(26)23-14-7-5-13(22)6-8-14/h2-3,5-8,10,12H,4,9,11H2,1H3,(H,23,26)(H,24,25). The van der Waals surface area contributed by atoms with Crippen LogP contribution in [0.25, 0.3) is 0 Å². The lowest BCUT2D eigenvalue weighted by Gasteiger charge is -2.18. The minimum atomic E-state index is -0.198. The molecule has 2 N–H and O–H groups in total. The van der Waals surface area contributed by atoms with Gasteiger partial charge in [0.2, 0.25) is 0 Å². The highest BCUT2D eigenvalue weighted by Gasteiger charge is 2.28. The van der Waals surface area contributed by atoms with Crippen LogP contribution in [-0.4, -0.2) is 11.8 Å². The Bertz CT molecular complexity index is 1010. The van der Waals surface area contributed by atoms with Crippen molar-refractivity contribution in [1.29, 1.82) is 0 Å². The van der Waals surface area contributed by atoms with Crippen LogP contribution in [0.15, 0.2) is 41.8 Å². The summed E-state index contributed by atoms with van der Waals surface area (Å²) in [6.07, 6.45) is 2.84. The van der Waals surface area contributed by atoms with Crippen molar-refractivity contribution >= 4 is 56.8 Å². The number of fused-ring (bicyclic) bond motifs is 1. The van der Waals surface area contributed by atoms with Gasteiger partial charge in [-0.2, -0.15) is 0 Å². The third-order valence-corrected chi connectivity index (χ3v) is 7.10. The van der Waals surface area contributed by atoms with Crippen LogP contribution in [0, 0.1) is 5.92 Å². The smallest absolute Gasteiger partial charge is 0.266 e. The summed E-state index contributed by atoms with van der Waals surface area (Å²) in [5.41, 5.74) is 2.33. The summed E-state index contributed by atoms with van der Waals surface area (Å²) in [7, 11) is 0. The lowest BCUT2D eigenvalue weighted by molar-refractivity contribution is 0.102. The molecule has 0 saturated heterocycles. The molecule has 0 aliphatic heterocycles. The summed E-state index contributed by atoms with van der Waals surface area (Å²) in [6.45, 7) is 2.22. The van der Waals surface area contributed by atoms with Gasteiger partial charge in [0, 0.05) is 15.6 Å². The minimum Gasteiger partial charge on any atom is -0.322 e. The van der Waals surface area contributed by atoms with E-state index in [0.717, 1.165) is 24.8 Å². The van der Waals surface area contributed by atoms with Gasteiger partial charge >= 0.3 is 0 Å². The third kappa shape index (κ3) is 3.99. The Morgan fingerprint density at radius 2 is 1.89 bits per heavy atom. The SMILES string of the molecule is CC1CCc2c(sc(NC(=O)c3cccs3)c2C(=O)Nc2ccc(Cl)cc2)C1. The van der Waals surface area contributed by atoms with Crippen LogP contribution >= 0.6 is 34.3 Å². The Balaban J connectivity index is 1.66. The number of carbonyl (C=O) groups is 2. The van der Waals surface area contributed by atoms with Crippen molar-refractivity contribution in [3.63, 3.8) is 0 Å². The first-order chi connectivity index (χ1) is 13.5. The number of amides is 2. The molecular weight excluding hydrogens is 412 g/mol. The van der Waals surface area contributed by atoms with E-state index in [0.29, 0.717) is 32.1 Å². The number of halogens is 1. The topological polar surface area (TPSA) is 58.2 Å². The molecule has 144 valence electrons. The molecule has 1 aliphatic rings. The van der Waals surface area contributed by atoms with Crippen molar-refractivity contribution in [3.8, 4) is 0 Å². The molecule has 4 rings (SSSR count). The maximum absolute atomic E-state index is 13.1. The summed E-state index contributed by atoms with van der Waals surface area (Å²) < 4.78 is 0. The molecule has 0 fully saturated rings. The number of thiophene rings is 2. The Labute approximate surface area is 176 Å². The normalized spacial score (nSPS) is 15.7. The van der Waals surface area contributed by atoms with Crippen LogP contribution in [0.1, 0.15) is 43.8 Å². The average molecular weight is 431 g/mol. The fourth-order valence-electron chi connectivity index (χ4n) is 3.38. The third-order valence-electron chi connectivity index (χ3n) is 4.81. The molecule has 0 spiro atoms. The zero-order valence-corrected chi connectivity index (χ0v) is 17.6. The molecule has 2 heterocycles. The van der Waals surface area contributed by atoms with Gasteiger partial charge in [0.25, 0.3) is 11.8 Å². The van der Waals surface area contributed by atoms with E-state index in [1.807, 2.05) is 11.4 Å². The first-order valence-corrected chi connectivity index (χ1v) is 11.1. The van der Waals surface area contributed by atoms with Gasteiger partial charge in [0.05, 0.1) is 10.4 Å². The molecule has 1 aliphatic carbocycles. The Hall–Kier alpha value is -2.15. The predicted molar refractivity (Wildman–Crippen MR) is 117 cm³/mol. The maximum Gasteiger partial charge on any atom is 0.266 e. The molecule has 0 bridgehead atoms. The fourth-order valence-corrected chi connectivity index (χ4v) is 5.53. The lowest BCUT2D eigenvalue weighted by Crippen LogP contribution is -2.19. The van der Waals surface area contributed by atoms with Gasteiger partial charge in [-0.25, -0.2) is 0 Å². The second-order valence-electron chi connectivity index (χ2n) is 6.95. The Kier molecular flexibility index (Phi) is 5.53. The quantitative estimate of drug-likeness (QED) is 0.526. The van der Waals surface area contributed by atoms with E-state index in [1.165, 1.54) is 27.6 Å². The molecule has 1 aromatic carbocycles. The van der Waals surface area contributed by atoms with Gasteiger partial charge in [-0.1, -0.05) is 24.6 Å². The summed E-state index contributed by atoms with van der Waals surface area (Å²) in [5, 5.41) is 9.02. The molecule has 2 amide bonds. The molecule has 1 unspecified atom stereocenters. The van der Waals surface area contributed by atoms with Gasteiger partial charge in [-0.15, -0.1) is 22.7 Å². The van der Waals surface area contributed by atoms with E-state index < -0.39 is 0 Å². The number of anilines is 2. The molecule has 4 nitrogen and oxygen atoms in total. The predicted octanol–water partition coefficient (Wildman–Crippen LogP) is 6.09. The van der Waals surface area contributed by atoms with Gasteiger partial charge in [0.15, 0.2) is 0 Å². The van der Waals surface area contributed by atoms with E-state index >= 15 is 0 Å². The van der Waals surface area contributed by atoms with Gasteiger partial charge in [0.1, 0.15) is 5.00 Å². The largest absolute Gasteiger partial charge is 0.322 e. The van der Waals surface area contributed by atoms with Crippen LogP contribution in [0.2, 0.25) is 5.02 Å². The van der Waals surface area contributed by atoms with Crippen LogP contribution < -0.4 is 10.6 Å². The number of hydrogen-bond donors (Lipinski definition) is 2. The van der Waals surface area contributed by atoms with Crippen LogP contribution in [0.3, 0.4) is 0 Å². The van der Waals surface area contributed by atoms with Crippen molar-refractivity contribution in [1.82, 2.24) is 0 Å². The minimum absolute atomic E-state index is 0.179. The van der Waals surface area contributed by atoms with Crippen molar-refractivity contribution < 1.29 is 9.59 Å². The number of nitrogens with one attached hydrogen (secondary N) is 2. The number of rotatable bonds is 4. The van der Waals surface area contributed by atoms with Gasteiger partial charge in [-0.3, -0.25) is 9.59 Å².